The van der Waals surface area contributed by atoms with Gasteiger partial charge in [-0.15, -0.1) is 0 Å². The van der Waals surface area contributed by atoms with E-state index in [1.165, 1.54) is 12.1 Å². The number of sulfonamides is 1. The lowest BCUT2D eigenvalue weighted by Crippen LogP contribution is -2.45. The molecule has 1 unspecified atom stereocenters. The minimum absolute atomic E-state index is 0.0748. The molecule has 2 aromatic rings. The summed E-state index contributed by atoms with van der Waals surface area (Å²) < 4.78 is 40.5. The second-order valence-corrected chi connectivity index (χ2v) is 8.76. The smallest absolute Gasteiger partial charge is 0.264 e. The van der Waals surface area contributed by atoms with Crippen LogP contribution >= 0.6 is 0 Å². The Balaban J connectivity index is 2.39. The molecule has 2 aromatic carbocycles. The van der Waals surface area contributed by atoms with Crippen molar-refractivity contribution in [2.45, 2.75) is 38.6 Å². The van der Waals surface area contributed by atoms with E-state index in [1.807, 2.05) is 27.7 Å². The summed E-state index contributed by atoms with van der Waals surface area (Å²) in [7, 11) is -4.03. The van der Waals surface area contributed by atoms with Gasteiger partial charge in [-0.1, -0.05) is 31.5 Å². The van der Waals surface area contributed by atoms with Gasteiger partial charge in [0, 0.05) is 6.04 Å². The van der Waals surface area contributed by atoms with Crippen molar-refractivity contribution in [2.75, 3.05) is 10.8 Å². The zero-order valence-electron chi connectivity index (χ0n) is 15.9. The van der Waals surface area contributed by atoms with Crippen LogP contribution in [0.3, 0.4) is 0 Å². The number of carbonyl (C=O) groups is 1. The quantitative estimate of drug-likeness (QED) is 0.784. The topological polar surface area (TPSA) is 66.5 Å². The van der Waals surface area contributed by atoms with E-state index in [4.69, 9.17) is 0 Å². The Labute approximate surface area is 160 Å². The van der Waals surface area contributed by atoms with Crippen LogP contribution in [0.1, 0.15) is 26.3 Å². The van der Waals surface area contributed by atoms with Gasteiger partial charge in [0.2, 0.25) is 5.91 Å². The molecule has 0 aliphatic carbocycles. The maximum Gasteiger partial charge on any atom is 0.264 e. The number of amides is 1. The average Bonchev–Trinajstić information content (AvgIpc) is 2.60. The highest BCUT2D eigenvalue weighted by Crippen LogP contribution is 2.24. The van der Waals surface area contributed by atoms with Gasteiger partial charge in [-0.3, -0.25) is 9.10 Å². The number of aryl methyl sites for hydroxylation is 1. The standard InChI is InChI=1S/C20H25FN2O3S/c1-14(2)16(4)22-20(24)13-23(18-9-5-15(3)6-10-18)27(25,26)19-11-7-17(21)8-12-19/h5-12,14,16H,13H2,1-4H3,(H,22,24). The van der Waals surface area contributed by atoms with Crippen molar-refractivity contribution in [1.82, 2.24) is 5.32 Å². The lowest BCUT2D eigenvalue weighted by Gasteiger charge is -2.26. The molecule has 7 heteroatoms. The third kappa shape index (κ3) is 5.29. The van der Waals surface area contributed by atoms with Crippen molar-refractivity contribution in [3.63, 3.8) is 0 Å². The number of anilines is 1. The van der Waals surface area contributed by atoms with Gasteiger partial charge < -0.3 is 5.32 Å². The maximum absolute atomic E-state index is 13.2. The monoisotopic (exact) mass is 392 g/mol. The molecule has 0 radical (unpaired) electrons. The fourth-order valence-corrected chi connectivity index (χ4v) is 3.78. The predicted molar refractivity (Wildman–Crippen MR) is 105 cm³/mol. The van der Waals surface area contributed by atoms with E-state index in [1.54, 1.807) is 24.3 Å². The third-order valence-corrected chi connectivity index (χ3v) is 6.19. The highest BCUT2D eigenvalue weighted by atomic mass is 32.2. The van der Waals surface area contributed by atoms with Crippen LogP contribution in [0, 0.1) is 18.7 Å². The minimum Gasteiger partial charge on any atom is -0.352 e. The van der Waals surface area contributed by atoms with Gasteiger partial charge in [-0.25, -0.2) is 12.8 Å². The van der Waals surface area contributed by atoms with Gasteiger partial charge in [0.05, 0.1) is 10.6 Å². The SMILES string of the molecule is Cc1ccc(N(CC(=O)NC(C)C(C)C)S(=O)(=O)c2ccc(F)cc2)cc1. The summed E-state index contributed by atoms with van der Waals surface area (Å²) in [6, 6.07) is 11.3. The number of hydrogen-bond acceptors (Lipinski definition) is 3. The molecule has 0 heterocycles. The lowest BCUT2D eigenvalue weighted by atomic mass is 10.1. The molecule has 5 nitrogen and oxygen atoms in total. The Hall–Kier alpha value is -2.41. The summed E-state index contributed by atoms with van der Waals surface area (Å²) in [4.78, 5) is 12.4. The van der Waals surface area contributed by atoms with Crippen LogP contribution in [-0.4, -0.2) is 26.9 Å². The molecule has 0 saturated carbocycles. The molecule has 1 amide bonds. The third-order valence-electron chi connectivity index (χ3n) is 4.40. The van der Waals surface area contributed by atoms with Gasteiger partial charge in [0.15, 0.2) is 0 Å². The Kier molecular flexibility index (Phi) is 6.59. The highest BCUT2D eigenvalue weighted by Gasteiger charge is 2.27. The molecular formula is C20H25FN2O3S. The van der Waals surface area contributed by atoms with Crippen molar-refractivity contribution < 1.29 is 17.6 Å². The zero-order chi connectivity index (χ0) is 20.2. The van der Waals surface area contributed by atoms with Crippen LogP contribution in [-0.2, 0) is 14.8 Å². The largest absolute Gasteiger partial charge is 0.352 e. The molecule has 0 aliphatic heterocycles. The summed E-state index contributed by atoms with van der Waals surface area (Å²) in [5.41, 5.74) is 1.34. The van der Waals surface area contributed by atoms with Crippen molar-refractivity contribution >= 4 is 21.6 Å². The summed E-state index contributed by atoms with van der Waals surface area (Å²) in [5.74, 6) is -0.711. The van der Waals surface area contributed by atoms with Crippen LogP contribution in [0.15, 0.2) is 53.4 Å². The van der Waals surface area contributed by atoms with Crippen LogP contribution in [0.5, 0.6) is 0 Å². The number of carbonyl (C=O) groups excluding carboxylic acids is 1. The summed E-state index contributed by atoms with van der Waals surface area (Å²) in [6.07, 6.45) is 0. The van der Waals surface area contributed by atoms with Gasteiger partial charge in [0.1, 0.15) is 12.4 Å². The van der Waals surface area contributed by atoms with Crippen molar-refractivity contribution in [3.8, 4) is 0 Å². The fourth-order valence-electron chi connectivity index (χ4n) is 2.36. The Morgan fingerprint density at radius 1 is 1.04 bits per heavy atom. The molecular weight excluding hydrogens is 367 g/mol. The molecule has 0 fully saturated rings. The number of nitrogens with one attached hydrogen (secondary N) is 1. The average molecular weight is 392 g/mol. The van der Waals surface area contributed by atoms with Crippen LogP contribution < -0.4 is 9.62 Å². The Morgan fingerprint density at radius 3 is 2.11 bits per heavy atom. The van der Waals surface area contributed by atoms with Gasteiger partial charge in [-0.2, -0.15) is 0 Å². The molecule has 0 aromatic heterocycles. The first-order valence-electron chi connectivity index (χ1n) is 8.75. The molecule has 146 valence electrons. The first kappa shape index (κ1) is 20.9. The van der Waals surface area contributed by atoms with E-state index in [0.717, 1.165) is 22.0 Å². The normalized spacial score (nSPS) is 12.7. The summed E-state index contributed by atoms with van der Waals surface area (Å²) >= 11 is 0. The Bertz CT molecular complexity index is 878. The first-order valence-corrected chi connectivity index (χ1v) is 10.2. The molecule has 0 saturated heterocycles. The van der Waals surface area contributed by atoms with Crippen molar-refractivity contribution in [2.24, 2.45) is 5.92 Å². The molecule has 0 spiro atoms. The summed E-state index contributed by atoms with van der Waals surface area (Å²) in [5, 5.41) is 2.82. The van der Waals surface area contributed by atoms with E-state index in [0.29, 0.717) is 5.69 Å². The summed E-state index contributed by atoms with van der Waals surface area (Å²) in [6.45, 7) is 7.34. The second kappa shape index (κ2) is 8.52. The number of rotatable bonds is 7. The number of benzene rings is 2. The van der Waals surface area contributed by atoms with Crippen LogP contribution in [0.25, 0.3) is 0 Å². The van der Waals surface area contributed by atoms with E-state index in [-0.39, 0.29) is 23.4 Å². The Morgan fingerprint density at radius 2 is 1.59 bits per heavy atom. The first-order chi connectivity index (χ1) is 12.6. The van der Waals surface area contributed by atoms with E-state index in [2.05, 4.69) is 5.32 Å². The van der Waals surface area contributed by atoms with Crippen molar-refractivity contribution in [1.29, 1.82) is 0 Å². The fraction of sp³-hybridized carbons (Fsp3) is 0.350. The lowest BCUT2D eigenvalue weighted by molar-refractivity contribution is -0.120. The van der Waals surface area contributed by atoms with E-state index >= 15 is 0 Å². The number of halogens is 1. The maximum atomic E-state index is 13.2. The van der Waals surface area contributed by atoms with Gasteiger partial charge in [0.25, 0.3) is 10.0 Å². The number of nitrogens with zero attached hydrogens (tertiary/aromatic N) is 1. The second-order valence-electron chi connectivity index (χ2n) is 6.90. The molecule has 1 N–H and O–H groups in total. The molecule has 0 bridgehead atoms. The molecule has 27 heavy (non-hydrogen) atoms. The molecule has 2 rings (SSSR count). The van der Waals surface area contributed by atoms with Crippen molar-refractivity contribution in [3.05, 3.63) is 59.9 Å². The van der Waals surface area contributed by atoms with E-state index in [9.17, 15) is 17.6 Å². The highest BCUT2D eigenvalue weighted by molar-refractivity contribution is 7.92. The van der Waals surface area contributed by atoms with Gasteiger partial charge in [-0.05, 0) is 56.2 Å². The van der Waals surface area contributed by atoms with E-state index < -0.39 is 21.7 Å². The van der Waals surface area contributed by atoms with Crippen LogP contribution in [0.2, 0.25) is 0 Å². The minimum atomic E-state index is -4.03. The molecule has 1 atom stereocenters. The molecule has 0 aliphatic rings. The predicted octanol–water partition coefficient (Wildman–Crippen LogP) is 3.49. The van der Waals surface area contributed by atoms with Gasteiger partial charge >= 0.3 is 0 Å². The zero-order valence-corrected chi connectivity index (χ0v) is 16.8. The van der Waals surface area contributed by atoms with Crippen LogP contribution in [0.4, 0.5) is 10.1 Å². The number of hydrogen-bond donors (Lipinski definition) is 1.